The van der Waals surface area contributed by atoms with Gasteiger partial charge in [0.25, 0.3) is 0 Å². The molecule has 0 radical (unpaired) electrons. The molecule has 24 heavy (non-hydrogen) atoms. The molecule has 1 fully saturated rings. The van der Waals surface area contributed by atoms with E-state index in [4.69, 9.17) is 4.74 Å². The summed E-state index contributed by atoms with van der Waals surface area (Å²) in [7, 11) is 0. The zero-order valence-electron chi connectivity index (χ0n) is 14.7. The van der Waals surface area contributed by atoms with E-state index in [1.54, 1.807) is 0 Å². The van der Waals surface area contributed by atoms with E-state index in [0.717, 1.165) is 31.7 Å². The lowest BCUT2D eigenvalue weighted by Gasteiger charge is -2.26. The van der Waals surface area contributed by atoms with Crippen molar-refractivity contribution >= 4 is 11.8 Å². The first-order valence-corrected chi connectivity index (χ1v) is 8.84. The quantitative estimate of drug-likeness (QED) is 0.745. The summed E-state index contributed by atoms with van der Waals surface area (Å²) in [4.78, 5) is 26.5. The largest absolute Gasteiger partial charge is 0.494 e. The van der Waals surface area contributed by atoms with Gasteiger partial charge < -0.3 is 15.0 Å². The van der Waals surface area contributed by atoms with Crippen LogP contribution in [0.3, 0.4) is 0 Å². The first-order chi connectivity index (χ1) is 11.6. The Labute approximate surface area is 144 Å². The Hall–Kier alpha value is -2.04. The van der Waals surface area contributed by atoms with Crippen molar-refractivity contribution in [3.8, 4) is 5.75 Å². The number of nitrogens with zero attached hydrogens (tertiary/aromatic N) is 1. The average molecular weight is 332 g/mol. The lowest BCUT2D eigenvalue weighted by atomic mass is 10.0. The number of benzene rings is 1. The molecule has 1 aliphatic heterocycles. The van der Waals surface area contributed by atoms with Crippen LogP contribution in [0.4, 0.5) is 0 Å². The molecule has 5 nitrogen and oxygen atoms in total. The predicted octanol–water partition coefficient (Wildman–Crippen LogP) is 2.61. The van der Waals surface area contributed by atoms with Gasteiger partial charge in [-0.25, -0.2) is 0 Å². The van der Waals surface area contributed by atoms with Crippen molar-refractivity contribution in [2.75, 3.05) is 19.7 Å². The van der Waals surface area contributed by atoms with Crippen LogP contribution in [0, 0.1) is 5.92 Å². The van der Waals surface area contributed by atoms with E-state index in [1.807, 2.05) is 49.1 Å². The fourth-order valence-corrected chi connectivity index (χ4v) is 2.83. The zero-order chi connectivity index (χ0) is 17.4. The van der Waals surface area contributed by atoms with Crippen LogP contribution in [-0.2, 0) is 9.59 Å². The topological polar surface area (TPSA) is 58.6 Å². The summed E-state index contributed by atoms with van der Waals surface area (Å²) in [6.07, 6.45) is 3.11. The van der Waals surface area contributed by atoms with Crippen LogP contribution in [0.25, 0.3) is 0 Å². The second kappa shape index (κ2) is 9.30. The van der Waals surface area contributed by atoms with E-state index in [2.05, 4.69) is 5.32 Å². The fourth-order valence-electron chi connectivity index (χ4n) is 2.83. The number of likely N-dealkylation sites (tertiary alicyclic amines) is 1. The van der Waals surface area contributed by atoms with Gasteiger partial charge in [-0.15, -0.1) is 0 Å². The highest BCUT2D eigenvalue weighted by Crippen LogP contribution is 2.13. The Morgan fingerprint density at radius 3 is 2.46 bits per heavy atom. The third-order valence-electron chi connectivity index (χ3n) is 4.23. The molecule has 2 amide bonds. The van der Waals surface area contributed by atoms with E-state index >= 15 is 0 Å². The number of hydrogen-bond donors (Lipinski definition) is 1. The molecule has 0 aliphatic carbocycles. The first kappa shape index (κ1) is 18.3. The molecular formula is C19H28N2O3. The molecule has 0 spiro atoms. The molecule has 0 aromatic heterocycles. The summed E-state index contributed by atoms with van der Waals surface area (Å²) in [5, 5.41) is 2.91. The Morgan fingerprint density at radius 2 is 1.83 bits per heavy atom. The standard InChI is InChI=1S/C19H28N2O3/c1-15(2)18(19(23)21-12-6-7-13-21)20-17(22)11-8-14-24-16-9-4-3-5-10-16/h3-5,9-10,15,18H,6-8,11-14H2,1-2H3,(H,20,22)/t18-/m1/s1. The van der Waals surface area contributed by atoms with Crippen molar-refractivity contribution in [3.63, 3.8) is 0 Å². The van der Waals surface area contributed by atoms with Gasteiger partial charge in [0.2, 0.25) is 11.8 Å². The van der Waals surface area contributed by atoms with Gasteiger partial charge in [0.05, 0.1) is 6.61 Å². The molecule has 0 saturated carbocycles. The molecule has 0 unspecified atom stereocenters. The highest BCUT2D eigenvalue weighted by atomic mass is 16.5. The van der Waals surface area contributed by atoms with Crippen LogP contribution in [0.15, 0.2) is 30.3 Å². The SMILES string of the molecule is CC(C)[C@@H](NC(=O)CCCOc1ccccc1)C(=O)N1CCCC1. The van der Waals surface area contributed by atoms with Crippen molar-refractivity contribution in [1.29, 1.82) is 0 Å². The number of nitrogens with one attached hydrogen (secondary N) is 1. The van der Waals surface area contributed by atoms with Gasteiger partial charge >= 0.3 is 0 Å². The summed E-state index contributed by atoms with van der Waals surface area (Å²) >= 11 is 0. The lowest BCUT2D eigenvalue weighted by Crippen LogP contribution is -2.50. The molecule has 1 saturated heterocycles. The van der Waals surface area contributed by atoms with Crippen molar-refractivity contribution in [2.45, 2.75) is 45.6 Å². The smallest absolute Gasteiger partial charge is 0.245 e. The van der Waals surface area contributed by atoms with Gasteiger partial charge in [0.1, 0.15) is 11.8 Å². The van der Waals surface area contributed by atoms with Gasteiger partial charge in [-0.1, -0.05) is 32.0 Å². The minimum absolute atomic E-state index is 0.0522. The minimum atomic E-state index is -0.425. The summed E-state index contributed by atoms with van der Waals surface area (Å²) < 4.78 is 5.58. The van der Waals surface area contributed by atoms with Gasteiger partial charge in [0, 0.05) is 19.5 Å². The summed E-state index contributed by atoms with van der Waals surface area (Å²) in [5.41, 5.74) is 0. The molecular weight excluding hydrogens is 304 g/mol. The summed E-state index contributed by atoms with van der Waals surface area (Å²) in [6.45, 7) is 6.05. The van der Waals surface area contributed by atoms with Crippen LogP contribution in [0.1, 0.15) is 39.5 Å². The highest BCUT2D eigenvalue weighted by Gasteiger charge is 2.29. The third kappa shape index (κ3) is 5.55. The van der Waals surface area contributed by atoms with Crippen molar-refractivity contribution in [2.24, 2.45) is 5.92 Å². The number of carbonyl (C=O) groups excluding carboxylic acids is 2. The second-order valence-corrected chi connectivity index (χ2v) is 6.59. The van der Waals surface area contributed by atoms with Crippen molar-refractivity contribution < 1.29 is 14.3 Å². The number of para-hydroxylation sites is 1. The maximum Gasteiger partial charge on any atom is 0.245 e. The van der Waals surface area contributed by atoms with Crippen molar-refractivity contribution in [1.82, 2.24) is 10.2 Å². The number of hydrogen-bond acceptors (Lipinski definition) is 3. The molecule has 1 aliphatic rings. The number of carbonyl (C=O) groups is 2. The third-order valence-corrected chi connectivity index (χ3v) is 4.23. The van der Waals surface area contributed by atoms with E-state index in [9.17, 15) is 9.59 Å². The van der Waals surface area contributed by atoms with Crippen LogP contribution < -0.4 is 10.1 Å². The molecule has 2 rings (SSSR count). The van der Waals surface area contributed by atoms with E-state index in [1.165, 1.54) is 0 Å². The van der Waals surface area contributed by atoms with E-state index < -0.39 is 6.04 Å². The fraction of sp³-hybridized carbons (Fsp3) is 0.579. The average Bonchev–Trinajstić information content (AvgIpc) is 3.11. The number of rotatable bonds is 8. The van der Waals surface area contributed by atoms with Gasteiger partial charge in [-0.05, 0) is 37.3 Å². The minimum Gasteiger partial charge on any atom is -0.494 e. The lowest BCUT2D eigenvalue weighted by molar-refractivity contribution is -0.136. The molecule has 1 heterocycles. The van der Waals surface area contributed by atoms with Crippen molar-refractivity contribution in [3.05, 3.63) is 30.3 Å². The first-order valence-electron chi connectivity index (χ1n) is 8.84. The second-order valence-electron chi connectivity index (χ2n) is 6.59. The monoisotopic (exact) mass is 332 g/mol. The summed E-state index contributed by atoms with van der Waals surface area (Å²) in [5.74, 6) is 0.860. The predicted molar refractivity (Wildman–Crippen MR) is 93.8 cm³/mol. The maximum absolute atomic E-state index is 12.5. The molecule has 1 N–H and O–H groups in total. The maximum atomic E-state index is 12.5. The molecule has 1 atom stereocenters. The number of amides is 2. The Bertz CT molecular complexity index is 525. The molecule has 5 heteroatoms. The van der Waals surface area contributed by atoms with Crippen LogP contribution in [-0.4, -0.2) is 42.5 Å². The van der Waals surface area contributed by atoms with Crippen LogP contribution >= 0.6 is 0 Å². The summed E-state index contributed by atoms with van der Waals surface area (Å²) in [6, 6.07) is 9.13. The van der Waals surface area contributed by atoms with Crippen LogP contribution in [0.2, 0.25) is 0 Å². The molecule has 1 aromatic carbocycles. The normalized spacial score (nSPS) is 15.4. The molecule has 0 bridgehead atoms. The van der Waals surface area contributed by atoms with Crippen LogP contribution in [0.5, 0.6) is 5.75 Å². The van der Waals surface area contributed by atoms with E-state index in [0.29, 0.717) is 19.4 Å². The van der Waals surface area contributed by atoms with Gasteiger partial charge in [-0.3, -0.25) is 9.59 Å². The zero-order valence-corrected chi connectivity index (χ0v) is 14.7. The Balaban J connectivity index is 1.73. The van der Waals surface area contributed by atoms with Gasteiger partial charge in [-0.2, -0.15) is 0 Å². The molecule has 1 aromatic rings. The highest BCUT2D eigenvalue weighted by molar-refractivity contribution is 5.88. The Morgan fingerprint density at radius 1 is 1.17 bits per heavy atom. The van der Waals surface area contributed by atoms with E-state index in [-0.39, 0.29) is 17.7 Å². The number of ether oxygens (including phenoxy) is 1. The Kier molecular flexibility index (Phi) is 7.09. The van der Waals surface area contributed by atoms with Gasteiger partial charge in [0.15, 0.2) is 0 Å². The molecule has 132 valence electrons.